The van der Waals surface area contributed by atoms with Gasteiger partial charge in [-0.2, -0.15) is 0 Å². The molecule has 1 spiro atoms. The molecule has 0 radical (unpaired) electrons. The second-order valence-corrected chi connectivity index (χ2v) is 11.7. The molecule has 9 nitrogen and oxygen atoms in total. The van der Waals surface area contributed by atoms with Gasteiger partial charge in [0, 0.05) is 51.1 Å². The molecule has 1 unspecified atom stereocenters. The molecule has 1 N–H and O–H groups in total. The van der Waals surface area contributed by atoms with Crippen LogP contribution in [0.3, 0.4) is 0 Å². The fourth-order valence-electron chi connectivity index (χ4n) is 6.25. The number of hydrogen-bond donors (Lipinski definition) is 1. The first-order valence-corrected chi connectivity index (χ1v) is 14.1. The smallest absolute Gasteiger partial charge is 0.311 e. The van der Waals surface area contributed by atoms with Crippen LogP contribution >= 0.6 is 11.8 Å². The number of unbranched alkanes of at least 4 members (excludes halogenated alkanes) is 2. The van der Waals surface area contributed by atoms with Gasteiger partial charge in [-0.05, 0) is 25.7 Å². The lowest BCUT2D eigenvalue weighted by Gasteiger charge is -2.36. The van der Waals surface area contributed by atoms with Crippen LogP contribution < -0.4 is 0 Å². The van der Waals surface area contributed by atoms with Crippen LogP contribution in [0.1, 0.15) is 25.7 Å². The average molecular weight is 520 g/mol. The lowest BCUT2D eigenvalue weighted by Crippen LogP contribution is -2.54. The van der Waals surface area contributed by atoms with E-state index in [0.717, 1.165) is 26.1 Å². The minimum absolute atomic E-state index is 0.0367. The highest BCUT2D eigenvalue weighted by Crippen LogP contribution is 2.60. The quantitative estimate of drug-likeness (QED) is 0.284. The summed E-state index contributed by atoms with van der Waals surface area (Å²) in [6, 6.07) is -0.646. The molecule has 5 rings (SSSR count). The number of aliphatic hydroxyl groups excluding tert-OH is 1. The second-order valence-electron chi connectivity index (χ2n) is 10.2. The van der Waals surface area contributed by atoms with Gasteiger partial charge in [-0.1, -0.05) is 24.3 Å². The van der Waals surface area contributed by atoms with E-state index in [4.69, 9.17) is 9.47 Å². The molecule has 5 heterocycles. The molecule has 5 atom stereocenters. The van der Waals surface area contributed by atoms with E-state index in [9.17, 15) is 19.5 Å². The van der Waals surface area contributed by atoms with Crippen molar-refractivity contribution in [1.82, 2.24) is 14.7 Å². The number of hydrogen-bond acceptors (Lipinski definition) is 8. The van der Waals surface area contributed by atoms with Gasteiger partial charge in [0.25, 0.3) is 0 Å². The fourth-order valence-corrected chi connectivity index (χ4v) is 8.25. The zero-order valence-electron chi connectivity index (χ0n) is 20.8. The summed E-state index contributed by atoms with van der Waals surface area (Å²) < 4.78 is 10.2. The highest BCUT2D eigenvalue weighted by Gasteiger charge is 2.70. The number of aliphatic hydroxyl groups is 1. The van der Waals surface area contributed by atoms with Crippen LogP contribution in [0, 0.1) is 11.8 Å². The molecule has 0 saturated carbocycles. The Morgan fingerprint density at radius 3 is 2.64 bits per heavy atom. The van der Waals surface area contributed by atoms with Crippen molar-refractivity contribution in [1.29, 1.82) is 0 Å². The maximum absolute atomic E-state index is 14.2. The molecule has 0 aromatic rings. The molecule has 198 valence electrons. The normalized spacial score (nSPS) is 34.6. The van der Waals surface area contributed by atoms with Crippen LogP contribution in [0.15, 0.2) is 24.3 Å². The summed E-state index contributed by atoms with van der Waals surface area (Å²) >= 11 is 1.59. The summed E-state index contributed by atoms with van der Waals surface area (Å²) in [5, 5.41) is 9.00. The van der Waals surface area contributed by atoms with Gasteiger partial charge >= 0.3 is 5.97 Å². The van der Waals surface area contributed by atoms with Crippen LogP contribution in [0.4, 0.5) is 0 Å². The standard InChI is InChI=1S/C26H37N3O6S/c30-15-4-1-3-10-29-22-24(32)28(12-11-27-13-17-34-18-14-27)9-6-8-26(22)21(23(29)31)20-19(36-26)7-2-5-16-35-25(20)33/h2,6-8,19-22,30H,1,3-5,9-18H2/t19-,20+,21-,22?,26-/m0/s1. The van der Waals surface area contributed by atoms with Gasteiger partial charge in [-0.3, -0.25) is 19.3 Å². The Kier molecular flexibility index (Phi) is 8.05. The Hall–Kier alpha value is -1.88. The SMILES string of the molecule is O=C1OCCC=C[C@@H]2S[C@]34C=CCN(CCN5CCOCC5)C(=O)C3N(CCCCCO)C(=O)[C@@H]4[C@H]12. The number of amides is 2. The third-order valence-electron chi connectivity index (χ3n) is 8.05. The Morgan fingerprint density at radius 1 is 1.00 bits per heavy atom. The van der Waals surface area contributed by atoms with E-state index in [1.807, 2.05) is 23.1 Å². The van der Waals surface area contributed by atoms with Crippen LogP contribution in [-0.2, 0) is 23.9 Å². The van der Waals surface area contributed by atoms with Crippen LogP contribution in [0.2, 0.25) is 0 Å². The molecule has 2 amide bonds. The van der Waals surface area contributed by atoms with Crippen molar-refractivity contribution in [2.45, 2.75) is 41.7 Å². The molecule has 0 bridgehead atoms. The van der Waals surface area contributed by atoms with E-state index in [0.29, 0.717) is 58.7 Å². The molecule has 36 heavy (non-hydrogen) atoms. The van der Waals surface area contributed by atoms with Gasteiger partial charge in [0.2, 0.25) is 11.8 Å². The van der Waals surface area contributed by atoms with Gasteiger partial charge in [0.1, 0.15) is 6.04 Å². The summed E-state index contributed by atoms with van der Waals surface area (Å²) in [6.45, 7) is 5.86. The lowest BCUT2D eigenvalue weighted by molar-refractivity contribution is -0.153. The van der Waals surface area contributed by atoms with Crippen LogP contribution in [0.5, 0.6) is 0 Å². The molecule has 3 fully saturated rings. The molecule has 5 aliphatic rings. The number of likely N-dealkylation sites (tertiary alicyclic amines) is 1. The van der Waals surface area contributed by atoms with Crippen molar-refractivity contribution < 1.29 is 29.0 Å². The zero-order valence-corrected chi connectivity index (χ0v) is 21.6. The van der Waals surface area contributed by atoms with Crippen molar-refractivity contribution in [2.24, 2.45) is 11.8 Å². The summed E-state index contributed by atoms with van der Waals surface area (Å²) in [4.78, 5) is 47.2. The summed E-state index contributed by atoms with van der Waals surface area (Å²) in [6.07, 6.45) is 10.9. The van der Waals surface area contributed by atoms with Crippen molar-refractivity contribution >= 4 is 29.5 Å². The third-order valence-corrected chi connectivity index (χ3v) is 9.80. The largest absolute Gasteiger partial charge is 0.465 e. The van der Waals surface area contributed by atoms with Crippen molar-refractivity contribution in [3.05, 3.63) is 24.3 Å². The second kappa shape index (κ2) is 11.2. The van der Waals surface area contributed by atoms with Gasteiger partial charge < -0.3 is 24.4 Å². The monoisotopic (exact) mass is 519 g/mol. The Morgan fingerprint density at radius 2 is 1.83 bits per heavy atom. The predicted molar refractivity (Wildman–Crippen MR) is 135 cm³/mol. The molecule has 0 aliphatic carbocycles. The number of ether oxygens (including phenoxy) is 2. The molecule has 10 heteroatoms. The average Bonchev–Trinajstić information content (AvgIpc) is 3.25. The van der Waals surface area contributed by atoms with Crippen LogP contribution in [-0.4, -0.2) is 119 Å². The number of fused-ring (bicyclic) bond motifs is 2. The molecular formula is C26H37N3O6S. The van der Waals surface area contributed by atoms with Gasteiger partial charge in [-0.15, -0.1) is 11.8 Å². The highest BCUT2D eigenvalue weighted by atomic mass is 32.2. The summed E-state index contributed by atoms with van der Waals surface area (Å²) in [7, 11) is 0. The number of carbonyl (C=O) groups excluding carboxylic acids is 3. The van der Waals surface area contributed by atoms with E-state index in [-0.39, 0.29) is 29.6 Å². The van der Waals surface area contributed by atoms with Gasteiger partial charge in [0.15, 0.2) is 0 Å². The van der Waals surface area contributed by atoms with Crippen LogP contribution in [0.25, 0.3) is 0 Å². The minimum atomic E-state index is -0.790. The zero-order chi connectivity index (χ0) is 25.1. The first-order valence-electron chi connectivity index (χ1n) is 13.3. The van der Waals surface area contributed by atoms with Crippen molar-refractivity contribution in [3.8, 4) is 0 Å². The predicted octanol–water partition coefficient (Wildman–Crippen LogP) is 0.680. The number of cyclic esters (lactones) is 1. The summed E-state index contributed by atoms with van der Waals surface area (Å²) in [5.74, 6) is -1.71. The molecule has 0 aromatic heterocycles. The van der Waals surface area contributed by atoms with Gasteiger partial charge in [0.05, 0.1) is 36.4 Å². The first kappa shape index (κ1) is 25.8. The maximum atomic E-state index is 14.2. The number of rotatable bonds is 8. The summed E-state index contributed by atoms with van der Waals surface area (Å²) in [5.41, 5.74) is 0. The number of nitrogens with zero attached hydrogens (tertiary/aromatic N) is 3. The van der Waals surface area contributed by atoms with E-state index in [1.165, 1.54) is 0 Å². The topological polar surface area (TPSA) is 99.6 Å². The minimum Gasteiger partial charge on any atom is -0.465 e. The number of carbonyl (C=O) groups is 3. The Balaban J connectivity index is 1.43. The van der Waals surface area contributed by atoms with Crippen molar-refractivity contribution in [2.75, 3.05) is 65.7 Å². The highest BCUT2D eigenvalue weighted by molar-refractivity contribution is 8.02. The number of esters is 1. The number of thioether (sulfide) groups is 1. The molecule has 0 aromatic carbocycles. The van der Waals surface area contributed by atoms with E-state index < -0.39 is 22.6 Å². The van der Waals surface area contributed by atoms with Gasteiger partial charge in [-0.25, -0.2) is 0 Å². The first-order chi connectivity index (χ1) is 17.6. The lowest BCUT2D eigenvalue weighted by atomic mass is 9.78. The van der Waals surface area contributed by atoms with E-state index in [2.05, 4.69) is 11.0 Å². The Bertz CT molecular complexity index is 906. The van der Waals surface area contributed by atoms with E-state index in [1.54, 1.807) is 16.7 Å². The number of morpholine rings is 1. The molecular weight excluding hydrogens is 482 g/mol. The van der Waals surface area contributed by atoms with E-state index >= 15 is 0 Å². The molecule has 5 aliphatic heterocycles. The maximum Gasteiger partial charge on any atom is 0.311 e. The third kappa shape index (κ3) is 4.73. The molecule has 3 saturated heterocycles. The fraction of sp³-hybridized carbons (Fsp3) is 0.731. The Labute approximate surface area is 216 Å². The van der Waals surface area contributed by atoms with Crippen molar-refractivity contribution in [3.63, 3.8) is 0 Å².